The molecule has 0 aromatic carbocycles. The molecular formula is C11H18N4OS. The van der Waals surface area contributed by atoms with Crippen molar-refractivity contribution in [1.29, 1.82) is 0 Å². The van der Waals surface area contributed by atoms with Gasteiger partial charge in [-0.15, -0.1) is 0 Å². The van der Waals surface area contributed by atoms with E-state index in [2.05, 4.69) is 12.0 Å². The maximum absolute atomic E-state index is 12.3. The number of amides is 1. The fourth-order valence-corrected chi connectivity index (χ4v) is 3.11. The number of nitrogens with two attached hydrogens (primary N) is 1. The number of nitrogens with zero attached hydrogens (tertiary/aromatic N) is 3. The van der Waals surface area contributed by atoms with E-state index in [1.165, 1.54) is 4.68 Å². The van der Waals surface area contributed by atoms with Crippen LogP contribution in [-0.2, 0) is 7.05 Å². The highest BCUT2D eigenvalue weighted by molar-refractivity contribution is 8.00. The molecular weight excluding hydrogens is 236 g/mol. The number of anilines is 1. The van der Waals surface area contributed by atoms with Gasteiger partial charge in [-0.05, 0) is 6.42 Å². The van der Waals surface area contributed by atoms with Crippen LogP contribution in [0.5, 0.6) is 0 Å². The second-order valence-corrected chi connectivity index (χ2v) is 5.63. The zero-order valence-corrected chi connectivity index (χ0v) is 11.0. The Kier molecular flexibility index (Phi) is 3.61. The van der Waals surface area contributed by atoms with E-state index < -0.39 is 0 Å². The van der Waals surface area contributed by atoms with Gasteiger partial charge in [0.05, 0.1) is 6.20 Å². The van der Waals surface area contributed by atoms with Crippen molar-refractivity contribution in [3.8, 4) is 0 Å². The van der Waals surface area contributed by atoms with E-state index in [4.69, 9.17) is 5.73 Å². The molecule has 1 fully saturated rings. The van der Waals surface area contributed by atoms with Gasteiger partial charge in [-0.1, -0.05) is 6.92 Å². The topological polar surface area (TPSA) is 64.2 Å². The van der Waals surface area contributed by atoms with Crippen molar-refractivity contribution in [2.24, 2.45) is 7.05 Å². The van der Waals surface area contributed by atoms with Crippen molar-refractivity contribution in [3.05, 3.63) is 11.8 Å². The first-order valence-corrected chi connectivity index (χ1v) is 6.86. The second-order valence-electron chi connectivity index (χ2n) is 4.22. The summed E-state index contributed by atoms with van der Waals surface area (Å²) >= 11 is 1.94. The van der Waals surface area contributed by atoms with Gasteiger partial charge in [-0.25, -0.2) is 0 Å². The van der Waals surface area contributed by atoms with Gasteiger partial charge in [0.25, 0.3) is 5.91 Å². The molecule has 94 valence electrons. The summed E-state index contributed by atoms with van der Waals surface area (Å²) in [5, 5.41) is 4.56. The van der Waals surface area contributed by atoms with Crippen LogP contribution in [0.4, 0.5) is 5.82 Å². The number of aryl methyl sites for hydroxylation is 1. The fourth-order valence-electron chi connectivity index (χ4n) is 1.93. The minimum atomic E-state index is 0.00866. The molecule has 2 rings (SSSR count). The zero-order valence-electron chi connectivity index (χ0n) is 10.2. The number of carbonyl (C=O) groups excluding carboxylic acids is 1. The highest BCUT2D eigenvalue weighted by Gasteiger charge is 2.26. The molecule has 0 saturated carbocycles. The van der Waals surface area contributed by atoms with Crippen molar-refractivity contribution in [3.63, 3.8) is 0 Å². The van der Waals surface area contributed by atoms with Gasteiger partial charge >= 0.3 is 0 Å². The van der Waals surface area contributed by atoms with E-state index in [9.17, 15) is 4.79 Å². The molecule has 0 spiro atoms. The molecule has 0 bridgehead atoms. The van der Waals surface area contributed by atoms with Crippen molar-refractivity contribution >= 4 is 23.5 Å². The van der Waals surface area contributed by atoms with Gasteiger partial charge in [-0.3, -0.25) is 9.48 Å². The lowest BCUT2D eigenvalue weighted by atomic mass is 10.2. The van der Waals surface area contributed by atoms with Crippen molar-refractivity contribution in [2.45, 2.75) is 18.6 Å². The summed E-state index contributed by atoms with van der Waals surface area (Å²) in [5.41, 5.74) is 6.35. The Labute approximate surface area is 105 Å². The lowest BCUT2D eigenvalue weighted by Crippen LogP contribution is -2.41. The summed E-state index contributed by atoms with van der Waals surface area (Å²) in [7, 11) is 1.74. The quantitative estimate of drug-likeness (QED) is 0.854. The van der Waals surface area contributed by atoms with E-state index in [-0.39, 0.29) is 5.91 Å². The Morgan fingerprint density at radius 1 is 1.71 bits per heavy atom. The third-order valence-electron chi connectivity index (χ3n) is 3.10. The Balaban J connectivity index is 2.12. The number of thioether (sulfide) groups is 1. The van der Waals surface area contributed by atoms with Crippen LogP contribution in [0, 0.1) is 0 Å². The molecule has 2 N–H and O–H groups in total. The normalized spacial score (nSPS) is 20.6. The summed E-state index contributed by atoms with van der Waals surface area (Å²) in [5.74, 6) is 1.46. The Hall–Kier alpha value is -1.17. The second kappa shape index (κ2) is 5.00. The monoisotopic (exact) mass is 254 g/mol. The van der Waals surface area contributed by atoms with Gasteiger partial charge in [0.1, 0.15) is 11.4 Å². The lowest BCUT2D eigenvalue weighted by Gasteiger charge is -2.31. The molecule has 0 radical (unpaired) electrons. The van der Waals surface area contributed by atoms with Gasteiger partial charge in [0, 0.05) is 31.1 Å². The van der Waals surface area contributed by atoms with Crippen LogP contribution in [0.3, 0.4) is 0 Å². The molecule has 6 heteroatoms. The maximum atomic E-state index is 12.3. The SMILES string of the molecule is CCC1CN(C(=O)c2cnn(C)c2N)CCS1. The minimum Gasteiger partial charge on any atom is -0.383 e. The average molecular weight is 254 g/mol. The molecule has 1 aromatic heterocycles. The molecule has 2 heterocycles. The molecule has 1 aliphatic heterocycles. The number of aromatic nitrogens is 2. The predicted octanol–water partition coefficient (Wildman–Crippen LogP) is 0.970. The smallest absolute Gasteiger partial charge is 0.259 e. The van der Waals surface area contributed by atoms with E-state index >= 15 is 0 Å². The maximum Gasteiger partial charge on any atom is 0.259 e. The summed E-state index contributed by atoms with van der Waals surface area (Å²) in [4.78, 5) is 14.2. The lowest BCUT2D eigenvalue weighted by molar-refractivity contribution is 0.0762. The van der Waals surface area contributed by atoms with E-state index in [0.717, 1.165) is 25.3 Å². The standard InChI is InChI=1S/C11H18N4OS/c1-3-8-7-15(4-5-17-8)11(16)9-6-13-14(2)10(9)12/h6,8H,3-5,7,12H2,1-2H3. The van der Waals surface area contributed by atoms with Crippen LogP contribution in [-0.4, -0.2) is 44.7 Å². The molecule has 5 nitrogen and oxygen atoms in total. The van der Waals surface area contributed by atoms with Gasteiger partial charge in [0.15, 0.2) is 0 Å². The third-order valence-corrected chi connectivity index (χ3v) is 4.47. The summed E-state index contributed by atoms with van der Waals surface area (Å²) in [6.45, 7) is 3.77. The predicted molar refractivity (Wildman–Crippen MR) is 70.1 cm³/mol. The van der Waals surface area contributed by atoms with Crippen LogP contribution in [0.2, 0.25) is 0 Å². The fraction of sp³-hybridized carbons (Fsp3) is 0.636. The Morgan fingerprint density at radius 3 is 3.06 bits per heavy atom. The molecule has 1 aliphatic rings. The number of hydrogen-bond acceptors (Lipinski definition) is 4. The van der Waals surface area contributed by atoms with Crippen LogP contribution >= 0.6 is 11.8 Å². The number of hydrogen-bond donors (Lipinski definition) is 1. The van der Waals surface area contributed by atoms with Crippen LogP contribution in [0.25, 0.3) is 0 Å². The zero-order chi connectivity index (χ0) is 12.4. The van der Waals surface area contributed by atoms with E-state index in [0.29, 0.717) is 16.6 Å². The van der Waals surface area contributed by atoms with Crippen molar-refractivity contribution in [1.82, 2.24) is 14.7 Å². The number of carbonyl (C=O) groups is 1. The summed E-state index contributed by atoms with van der Waals surface area (Å²) in [6.07, 6.45) is 2.65. The van der Waals surface area contributed by atoms with Crippen molar-refractivity contribution < 1.29 is 4.79 Å². The molecule has 1 aromatic rings. The number of rotatable bonds is 2. The molecule has 1 amide bonds. The van der Waals surface area contributed by atoms with Crippen molar-refractivity contribution in [2.75, 3.05) is 24.6 Å². The largest absolute Gasteiger partial charge is 0.383 e. The first kappa shape index (κ1) is 12.3. The molecule has 1 atom stereocenters. The first-order chi connectivity index (χ1) is 8.13. The summed E-state index contributed by atoms with van der Waals surface area (Å²) < 4.78 is 1.53. The Bertz CT molecular complexity index is 418. The van der Waals surface area contributed by atoms with E-state index in [1.807, 2.05) is 16.7 Å². The first-order valence-electron chi connectivity index (χ1n) is 5.81. The minimum absolute atomic E-state index is 0.00866. The highest BCUT2D eigenvalue weighted by atomic mass is 32.2. The van der Waals surface area contributed by atoms with Gasteiger partial charge in [-0.2, -0.15) is 16.9 Å². The number of nitrogen functional groups attached to an aromatic ring is 1. The van der Waals surface area contributed by atoms with Crippen LogP contribution < -0.4 is 5.73 Å². The highest BCUT2D eigenvalue weighted by Crippen LogP contribution is 2.23. The summed E-state index contributed by atoms with van der Waals surface area (Å²) in [6, 6.07) is 0. The molecule has 0 aliphatic carbocycles. The Morgan fingerprint density at radius 2 is 2.47 bits per heavy atom. The van der Waals surface area contributed by atoms with Gasteiger partial charge in [0.2, 0.25) is 0 Å². The van der Waals surface area contributed by atoms with E-state index in [1.54, 1.807) is 13.2 Å². The average Bonchev–Trinajstić information content (AvgIpc) is 2.69. The van der Waals surface area contributed by atoms with Crippen LogP contribution in [0.15, 0.2) is 6.20 Å². The van der Waals surface area contributed by atoms with Gasteiger partial charge < -0.3 is 10.6 Å². The van der Waals surface area contributed by atoms with Crippen LogP contribution in [0.1, 0.15) is 23.7 Å². The molecule has 1 saturated heterocycles. The molecule has 17 heavy (non-hydrogen) atoms. The third kappa shape index (κ3) is 2.41. The molecule has 1 unspecified atom stereocenters.